The summed E-state index contributed by atoms with van der Waals surface area (Å²) in [4.78, 5) is 12.1. The maximum absolute atomic E-state index is 12.1. The van der Waals surface area contributed by atoms with Gasteiger partial charge in [0.2, 0.25) is 0 Å². The lowest BCUT2D eigenvalue weighted by atomic mass is 10.1. The molecule has 104 valence electrons. The highest BCUT2D eigenvalue weighted by Gasteiger charge is 2.10. The predicted molar refractivity (Wildman–Crippen MR) is 81.8 cm³/mol. The zero-order valence-corrected chi connectivity index (χ0v) is 12.1. The maximum atomic E-state index is 12.1. The first kappa shape index (κ1) is 14.5. The van der Waals surface area contributed by atoms with Crippen LogP contribution in [0.15, 0.2) is 36.4 Å². The van der Waals surface area contributed by atoms with Crippen LogP contribution >= 0.6 is 23.2 Å². The van der Waals surface area contributed by atoms with Gasteiger partial charge in [0.15, 0.2) is 0 Å². The molecule has 0 bridgehead atoms. The molecule has 0 saturated carbocycles. The van der Waals surface area contributed by atoms with E-state index in [1.165, 1.54) is 13.2 Å². The van der Waals surface area contributed by atoms with Crippen molar-refractivity contribution in [1.29, 1.82) is 0 Å². The van der Waals surface area contributed by atoms with Crippen molar-refractivity contribution < 1.29 is 9.53 Å². The van der Waals surface area contributed by atoms with Gasteiger partial charge in [-0.05, 0) is 36.4 Å². The third kappa shape index (κ3) is 3.15. The Morgan fingerprint density at radius 2 is 1.95 bits per heavy atom. The molecule has 0 aliphatic carbocycles. The number of benzene rings is 2. The lowest BCUT2D eigenvalue weighted by Crippen LogP contribution is -2.12. The fraction of sp³-hybridized carbons (Fsp3) is 0.0714. The SMILES string of the molecule is COc1ccc(C(=O)Nc2ccc(Cl)cc2Cl)cc1N. The zero-order chi connectivity index (χ0) is 14.7. The molecule has 2 aromatic rings. The molecule has 0 saturated heterocycles. The standard InChI is InChI=1S/C14H12Cl2N2O2/c1-20-13-5-2-8(6-11(13)17)14(19)18-12-4-3-9(15)7-10(12)16/h2-7H,17H2,1H3,(H,18,19). The highest BCUT2D eigenvalue weighted by atomic mass is 35.5. The van der Waals surface area contributed by atoms with E-state index in [0.717, 1.165) is 0 Å². The molecule has 0 aliphatic heterocycles. The van der Waals surface area contributed by atoms with E-state index in [4.69, 9.17) is 33.7 Å². The second-order valence-electron chi connectivity index (χ2n) is 4.04. The Balaban J connectivity index is 2.21. The number of nitrogen functional groups attached to an aromatic ring is 1. The molecule has 0 spiro atoms. The minimum absolute atomic E-state index is 0.316. The number of halogens is 2. The Morgan fingerprint density at radius 3 is 2.55 bits per heavy atom. The summed E-state index contributed by atoms with van der Waals surface area (Å²) in [5.74, 6) is 0.203. The van der Waals surface area contributed by atoms with Crippen molar-refractivity contribution in [2.75, 3.05) is 18.2 Å². The molecule has 20 heavy (non-hydrogen) atoms. The Hall–Kier alpha value is -1.91. The summed E-state index contributed by atoms with van der Waals surface area (Å²) in [6, 6.07) is 9.63. The van der Waals surface area contributed by atoms with Crippen LogP contribution in [0.1, 0.15) is 10.4 Å². The van der Waals surface area contributed by atoms with Gasteiger partial charge in [0.05, 0.1) is 23.5 Å². The molecule has 0 aromatic heterocycles. The molecule has 1 amide bonds. The third-order valence-electron chi connectivity index (χ3n) is 2.67. The number of carbonyl (C=O) groups excluding carboxylic acids is 1. The van der Waals surface area contributed by atoms with Gasteiger partial charge in [0.25, 0.3) is 5.91 Å². The third-order valence-corrected chi connectivity index (χ3v) is 3.22. The second kappa shape index (κ2) is 6.03. The van der Waals surface area contributed by atoms with Crippen LogP contribution in [-0.4, -0.2) is 13.0 Å². The fourth-order valence-corrected chi connectivity index (χ4v) is 2.12. The van der Waals surface area contributed by atoms with Crippen molar-refractivity contribution in [1.82, 2.24) is 0 Å². The minimum atomic E-state index is -0.316. The van der Waals surface area contributed by atoms with E-state index in [-0.39, 0.29) is 5.91 Å². The summed E-state index contributed by atoms with van der Waals surface area (Å²) in [6.07, 6.45) is 0. The first-order valence-corrected chi connectivity index (χ1v) is 6.47. The topological polar surface area (TPSA) is 64.3 Å². The number of rotatable bonds is 3. The second-order valence-corrected chi connectivity index (χ2v) is 4.88. The number of nitrogens with two attached hydrogens (primary N) is 1. The molecule has 0 fully saturated rings. The predicted octanol–water partition coefficient (Wildman–Crippen LogP) is 3.84. The van der Waals surface area contributed by atoms with E-state index in [1.807, 2.05) is 0 Å². The number of amides is 1. The lowest BCUT2D eigenvalue weighted by Gasteiger charge is -2.09. The van der Waals surface area contributed by atoms with Gasteiger partial charge in [-0.3, -0.25) is 4.79 Å². The maximum Gasteiger partial charge on any atom is 0.255 e. The summed E-state index contributed by atoms with van der Waals surface area (Å²) in [7, 11) is 1.51. The average Bonchev–Trinajstić information content (AvgIpc) is 2.41. The Bertz CT molecular complexity index is 660. The number of hydrogen-bond acceptors (Lipinski definition) is 3. The number of hydrogen-bond donors (Lipinski definition) is 2. The van der Waals surface area contributed by atoms with Crippen LogP contribution in [0.5, 0.6) is 5.75 Å². The quantitative estimate of drug-likeness (QED) is 0.847. The zero-order valence-electron chi connectivity index (χ0n) is 10.6. The van der Waals surface area contributed by atoms with Crippen molar-refractivity contribution in [2.45, 2.75) is 0 Å². The molecule has 2 aromatic carbocycles. The first-order chi connectivity index (χ1) is 9.51. The molecule has 0 atom stereocenters. The van der Waals surface area contributed by atoms with E-state index >= 15 is 0 Å². The summed E-state index contributed by atoms with van der Waals surface area (Å²) < 4.78 is 5.04. The Morgan fingerprint density at radius 1 is 1.20 bits per heavy atom. The van der Waals surface area contributed by atoms with E-state index in [1.54, 1.807) is 30.3 Å². The van der Waals surface area contributed by atoms with Crippen LogP contribution < -0.4 is 15.8 Å². The van der Waals surface area contributed by atoms with Crippen LogP contribution in [0, 0.1) is 0 Å². The Labute approximate surface area is 126 Å². The van der Waals surface area contributed by atoms with E-state index < -0.39 is 0 Å². The van der Waals surface area contributed by atoms with Crippen molar-refractivity contribution in [3.05, 3.63) is 52.0 Å². The normalized spacial score (nSPS) is 10.2. The van der Waals surface area contributed by atoms with Crippen LogP contribution in [0.4, 0.5) is 11.4 Å². The number of nitrogens with one attached hydrogen (secondary N) is 1. The molecule has 0 radical (unpaired) electrons. The number of ether oxygens (including phenoxy) is 1. The van der Waals surface area contributed by atoms with Gasteiger partial charge in [-0.1, -0.05) is 23.2 Å². The molecule has 0 heterocycles. The molecule has 0 unspecified atom stereocenters. The first-order valence-electron chi connectivity index (χ1n) is 5.71. The van der Waals surface area contributed by atoms with Crippen LogP contribution in [-0.2, 0) is 0 Å². The van der Waals surface area contributed by atoms with Gasteiger partial charge in [0, 0.05) is 10.6 Å². The van der Waals surface area contributed by atoms with E-state index in [0.29, 0.717) is 32.7 Å². The van der Waals surface area contributed by atoms with Crippen molar-refractivity contribution in [3.8, 4) is 5.75 Å². The highest BCUT2D eigenvalue weighted by molar-refractivity contribution is 6.36. The van der Waals surface area contributed by atoms with Gasteiger partial charge in [-0.15, -0.1) is 0 Å². The smallest absolute Gasteiger partial charge is 0.255 e. The molecule has 4 nitrogen and oxygen atoms in total. The number of anilines is 2. The fourth-order valence-electron chi connectivity index (χ4n) is 1.66. The van der Waals surface area contributed by atoms with Gasteiger partial charge < -0.3 is 15.8 Å². The van der Waals surface area contributed by atoms with E-state index in [9.17, 15) is 4.79 Å². The lowest BCUT2D eigenvalue weighted by molar-refractivity contribution is 0.102. The van der Waals surface area contributed by atoms with Gasteiger partial charge in [-0.25, -0.2) is 0 Å². The van der Waals surface area contributed by atoms with Gasteiger partial charge >= 0.3 is 0 Å². The van der Waals surface area contributed by atoms with E-state index in [2.05, 4.69) is 5.32 Å². The molecular weight excluding hydrogens is 299 g/mol. The van der Waals surface area contributed by atoms with Crippen molar-refractivity contribution in [2.24, 2.45) is 0 Å². The minimum Gasteiger partial charge on any atom is -0.495 e. The number of methoxy groups -OCH3 is 1. The van der Waals surface area contributed by atoms with Crippen LogP contribution in [0.3, 0.4) is 0 Å². The molecule has 3 N–H and O–H groups in total. The van der Waals surface area contributed by atoms with Crippen LogP contribution in [0.2, 0.25) is 10.0 Å². The summed E-state index contributed by atoms with van der Waals surface area (Å²) in [5.41, 5.74) is 7.05. The van der Waals surface area contributed by atoms with Crippen LogP contribution in [0.25, 0.3) is 0 Å². The molecule has 6 heteroatoms. The summed E-state index contributed by atoms with van der Waals surface area (Å²) in [5, 5.41) is 3.56. The van der Waals surface area contributed by atoms with Gasteiger partial charge in [-0.2, -0.15) is 0 Å². The van der Waals surface area contributed by atoms with Crippen molar-refractivity contribution in [3.63, 3.8) is 0 Å². The molecule has 2 rings (SSSR count). The highest BCUT2D eigenvalue weighted by Crippen LogP contribution is 2.27. The molecule has 0 aliphatic rings. The average molecular weight is 311 g/mol. The largest absolute Gasteiger partial charge is 0.495 e. The Kier molecular flexibility index (Phi) is 4.37. The van der Waals surface area contributed by atoms with Crippen molar-refractivity contribution >= 4 is 40.5 Å². The summed E-state index contributed by atoms with van der Waals surface area (Å²) in [6.45, 7) is 0. The van der Waals surface area contributed by atoms with Gasteiger partial charge in [0.1, 0.15) is 5.75 Å². The number of carbonyl (C=O) groups is 1. The summed E-state index contributed by atoms with van der Waals surface area (Å²) >= 11 is 11.8. The monoisotopic (exact) mass is 310 g/mol. The molecular formula is C14H12Cl2N2O2.